The molecule has 11 heteroatoms. The van der Waals surface area contributed by atoms with Crippen molar-refractivity contribution >= 4 is 45.7 Å². The van der Waals surface area contributed by atoms with E-state index in [2.05, 4.69) is 41.4 Å². The summed E-state index contributed by atoms with van der Waals surface area (Å²) in [6.07, 6.45) is 2.72. The maximum absolute atomic E-state index is 13.8. The van der Waals surface area contributed by atoms with E-state index in [9.17, 15) is 14.7 Å². The highest BCUT2D eigenvalue weighted by atomic mass is 32.2. The first kappa shape index (κ1) is 34.0. The number of carbonyl (C=O) groups excluding carboxylic acids is 2. The number of amides is 1. The van der Waals surface area contributed by atoms with Crippen molar-refractivity contribution in [3.8, 4) is 17.2 Å². The van der Waals surface area contributed by atoms with Crippen LogP contribution in [0.5, 0.6) is 17.2 Å². The Morgan fingerprint density at radius 1 is 0.894 bits per heavy atom. The highest BCUT2D eigenvalue weighted by molar-refractivity contribution is 8.00. The van der Waals surface area contributed by atoms with E-state index in [1.165, 1.54) is 33.6 Å². The van der Waals surface area contributed by atoms with E-state index in [0.717, 1.165) is 24.8 Å². The lowest BCUT2D eigenvalue weighted by Gasteiger charge is -2.23. The summed E-state index contributed by atoms with van der Waals surface area (Å²) in [6, 6.07) is 19.4. The number of nitrogens with zero attached hydrogens (tertiary/aromatic N) is 3. The van der Waals surface area contributed by atoms with Gasteiger partial charge in [-0.3, -0.25) is 14.5 Å². The van der Waals surface area contributed by atoms with Gasteiger partial charge in [-0.05, 0) is 74.2 Å². The minimum absolute atomic E-state index is 0.0524. The molecule has 1 aliphatic rings. The number of thioether (sulfide) groups is 1. The normalized spacial score (nSPS) is 15.7. The lowest BCUT2D eigenvalue weighted by atomic mass is 9.95. The second kappa shape index (κ2) is 16.0. The molecule has 1 N–H and O–H groups in total. The number of ether oxygens (including phenoxy) is 3. The molecule has 246 valence electrons. The van der Waals surface area contributed by atoms with Crippen molar-refractivity contribution in [3.05, 3.63) is 94.6 Å². The van der Waals surface area contributed by atoms with Gasteiger partial charge in [0.25, 0.3) is 5.78 Å². The van der Waals surface area contributed by atoms with Crippen LogP contribution in [-0.2, 0) is 15.3 Å². The van der Waals surface area contributed by atoms with Gasteiger partial charge in [-0.1, -0.05) is 79.3 Å². The lowest BCUT2D eigenvalue weighted by Crippen LogP contribution is -2.29. The number of aromatic nitrogens is 2. The second-order valence-electron chi connectivity index (χ2n) is 11.0. The van der Waals surface area contributed by atoms with Crippen molar-refractivity contribution in [2.75, 3.05) is 24.7 Å². The van der Waals surface area contributed by atoms with Crippen molar-refractivity contribution in [2.45, 2.75) is 63.1 Å². The van der Waals surface area contributed by atoms with Crippen LogP contribution in [0.25, 0.3) is 5.76 Å². The van der Waals surface area contributed by atoms with Crippen LogP contribution in [0.4, 0.5) is 5.13 Å². The minimum Gasteiger partial charge on any atom is -0.507 e. The number of carbonyl (C=O) groups is 2. The van der Waals surface area contributed by atoms with Gasteiger partial charge in [0, 0.05) is 11.3 Å². The number of benzene rings is 3. The van der Waals surface area contributed by atoms with Gasteiger partial charge in [0.2, 0.25) is 5.13 Å². The third-order valence-electron chi connectivity index (χ3n) is 7.47. The van der Waals surface area contributed by atoms with Gasteiger partial charge in [-0.25, -0.2) is 0 Å². The zero-order chi connectivity index (χ0) is 33.3. The van der Waals surface area contributed by atoms with Gasteiger partial charge in [0.15, 0.2) is 15.8 Å². The highest BCUT2D eigenvalue weighted by Gasteiger charge is 2.48. The molecule has 1 fully saturated rings. The predicted octanol–water partition coefficient (Wildman–Crippen LogP) is 8.13. The van der Waals surface area contributed by atoms with Gasteiger partial charge in [-0.2, -0.15) is 0 Å². The lowest BCUT2D eigenvalue weighted by molar-refractivity contribution is -0.132. The zero-order valence-corrected chi connectivity index (χ0v) is 28.7. The Labute approximate surface area is 283 Å². The van der Waals surface area contributed by atoms with Crippen molar-refractivity contribution in [3.63, 3.8) is 0 Å². The summed E-state index contributed by atoms with van der Waals surface area (Å²) >= 11 is 2.73. The zero-order valence-electron chi connectivity index (χ0n) is 27.0. The maximum atomic E-state index is 13.8. The number of unbranched alkanes of at least 4 members (excludes halogenated alkanes) is 1. The number of rotatable bonds is 15. The third kappa shape index (κ3) is 7.97. The molecule has 1 atom stereocenters. The summed E-state index contributed by atoms with van der Waals surface area (Å²) in [4.78, 5) is 28.8. The number of hydrogen-bond acceptors (Lipinski definition) is 10. The molecule has 0 aliphatic carbocycles. The predicted molar refractivity (Wildman–Crippen MR) is 186 cm³/mol. The Kier molecular flexibility index (Phi) is 11.6. The van der Waals surface area contributed by atoms with E-state index >= 15 is 0 Å². The number of Topliss-reactive ketones (excluding diaryl/α,β-unsaturated/α-hetero) is 1. The summed E-state index contributed by atoms with van der Waals surface area (Å²) in [5.41, 5.74) is 3.20. The Hall–Kier alpha value is -4.35. The molecule has 1 saturated heterocycles. The first-order valence-electron chi connectivity index (χ1n) is 15.8. The average Bonchev–Trinajstić information content (AvgIpc) is 3.65. The quantitative estimate of drug-likeness (QED) is 0.0334. The van der Waals surface area contributed by atoms with E-state index in [0.29, 0.717) is 58.3 Å². The fourth-order valence-electron chi connectivity index (χ4n) is 5.03. The Bertz CT molecular complexity index is 1720. The van der Waals surface area contributed by atoms with Gasteiger partial charge < -0.3 is 19.3 Å². The van der Waals surface area contributed by atoms with Crippen LogP contribution in [0.1, 0.15) is 68.3 Å². The Balaban J connectivity index is 1.55. The van der Waals surface area contributed by atoms with Gasteiger partial charge in [0.1, 0.15) is 11.5 Å². The maximum Gasteiger partial charge on any atom is 0.301 e. The number of aliphatic hydroxyl groups excluding tert-OH is 1. The van der Waals surface area contributed by atoms with E-state index < -0.39 is 17.7 Å². The highest BCUT2D eigenvalue weighted by Crippen LogP contribution is 2.45. The molecule has 1 aromatic heterocycles. The summed E-state index contributed by atoms with van der Waals surface area (Å²) in [6.45, 7) is 9.50. The molecule has 5 rings (SSSR count). The first-order chi connectivity index (χ1) is 22.8. The fourth-order valence-corrected chi connectivity index (χ4v) is 6.85. The largest absolute Gasteiger partial charge is 0.507 e. The van der Waals surface area contributed by atoms with Gasteiger partial charge in [-0.15, -0.1) is 10.2 Å². The number of anilines is 1. The molecular weight excluding hydrogens is 635 g/mol. The molecule has 0 radical (unpaired) electrons. The molecule has 0 bridgehead atoms. The van der Waals surface area contributed by atoms with Crippen LogP contribution < -0.4 is 19.1 Å². The Morgan fingerprint density at radius 2 is 1.66 bits per heavy atom. The van der Waals surface area contributed by atoms with Crippen LogP contribution in [0, 0.1) is 6.92 Å². The molecule has 9 nitrogen and oxygen atoms in total. The van der Waals surface area contributed by atoms with Crippen molar-refractivity contribution in [1.29, 1.82) is 0 Å². The number of hydrogen-bond donors (Lipinski definition) is 1. The third-order valence-corrected chi connectivity index (χ3v) is 9.60. The van der Waals surface area contributed by atoms with Gasteiger partial charge in [0.05, 0.1) is 31.4 Å². The topological polar surface area (TPSA) is 111 Å². The fraction of sp³-hybridized carbons (Fsp3) is 0.333. The molecule has 2 heterocycles. The van der Waals surface area contributed by atoms with E-state index in [1.54, 1.807) is 42.5 Å². The molecular formula is C36H39N3O6S2. The van der Waals surface area contributed by atoms with E-state index in [-0.39, 0.29) is 16.5 Å². The molecule has 0 spiro atoms. The molecule has 47 heavy (non-hydrogen) atoms. The van der Waals surface area contributed by atoms with Gasteiger partial charge >= 0.3 is 5.91 Å². The van der Waals surface area contributed by atoms with E-state index in [1.807, 2.05) is 20.8 Å². The molecule has 3 aromatic carbocycles. The number of ketones is 1. The van der Waals surface area contributed by atoms with Crippen molar-refractivity contribution in [1.82, 2.24) is 10.2 Å². The summed E-state index contributed by atoms with van der Waals surface area (Å²) < 4.78 is 18.3. The smallest absolute Gasteiger partial charge is 0.301 e. The molecule has 1 amide bonds. The van der Waals surface area contributed by atoms with E-state index in [4.69, 9.17) is 14.2 Å². The molecule has 1 aliphatic heterocycles. The minimum atomic E-state index is -0.988. The number of aliphatic hydroxyl groups is 1. The van der Waals surface area contributed by atoms with Crippen LogP contribution >= 0.6 is 23.1 Å². The van der Waals surface area contributed by atoms with Crippen LogP contribution in [0.15, 0.2) is 76.6 Å². The molecule has 1 unspecified atom stereocenters. The summed E-state index contributed by atoms with van der Waals surface area (Å²) in [7, 11) is 0. The van der Waals surface area contributed by atoms with Crippen molar-refractivity contribution < 1.29 is 28.9 Å². The molecule has 0 saturated carbocycles. The van der Waals surface area contributed by atoms with Crippen molar-refractivity contribution in [2.24, 2.45) is 0 Å². The van der Waals surface area contributed by atoms with Crippen LogP contribution in [0.3, 0.4) is 0 Å². The standard InChI is InChI=1S/C36H39N3O6S2/c1-5-8-20-45-28-18-15-26(21-29(28)43-7-3)31-30(32(40)25-13-16-27(17-14-25)44-19-6-2)33(41)34(42)39(31)35-37-38-36(47-35)46-22-24-11-9-23(4)10-12-24/h9-18,21,31,40H,5-8,19-20,22H2,1-4H3/b32-30+. The van der Waals surface area contributed by atoms with Crippen LogP contribution in [-0.4, -0.2) is 46.8 Å². The average molecular weight is 674 g/mol. The Morgan fingerprint density at radius 3 is 2.36 bits per heavy atom. The SMILES string of the molecule is CCCCOc1ccc(C2/C(=C(\O)c3ccc(OCCC)cc3)C(=O)C(=O)N2c2nnc(SCc3ccc(C)cc3)s2)cc1OCC. The second-order valence-corrected chi connectivity index (χ2v) is 13.2. The molecule has 4 aromatic rings. The summed E-state index contributed by atoms with van der Waals surface area (Å²) in [5, 5.41) is 20.6. The monoisotopic (exact) mass is 673 g/mol. The number of aryl methyl sites for hydroxylation is 1. The van der Waals surface area contributed by atoms with Crippen LogP contribution in [0.2, 0.25) is 0 Å². The first-order valence-corrected chi connectivity index (χ1v) is 17.6. The summed E-state index contributed by atoms with van der Waals surface area (Å²) in [5.74, 6) is 0.454.